The van der Waals surface area contributed by atoms with E-state index >= 15 is 0 Å². The summed E-state index contributed by atoms with van der Waals surface area (Å²) in [5, 5.41) is 0.488. The minimum absolute atomic E-state index is 0.144. The van der Waals surface area contributed by atoms with Crippen molar-refractivity contribution in [2.75, 3.05) is 46.0 Å². The maximum Gasteiger partial charge on any atom is 0.290 e. The van der Waals surface area contributed by atoms with Crippen LogP contribution in [0.1, 0.15) is 41.1 Å². The zero-order valence-corrected chi connectivity index (χ0v) is 18.8. The lowest BCUT2D eigenvalue weighted by Gasteiger charge is -2.31. The molecule has 0 radical (unpaired) electrons. The fourth-order valence-electron chi connectivity index (χ4n) is 4.61. The average Bonchev–Trinajstić information content (AvgIpc) is 3.14. The van der Waals surface area contributed by atoms with Gasteiger partial charge in [-0.1, -0.05) is 31.2 Å². The molecule has 3 heterocycles. The minimum Gasteiger partial charge on any atom is -0.494 e. The van der Waals surface area contributed by atoms with E-state index in [2.05, 4.69) is 11.8 Å². The number of hydrogen-bond donors (Lipinski definition) is 0. The second-order valence-corrected chi connectivity index (χ2v) is 8.45. The summed E-state index contributed by atoms with van der Waals surface area (Å²) in [7, 11) is 0. The maximum atomic E-state index is 13.6. The van der Waals surface area contributed by atoms with Crippen LogP contribution in [-0.4, -0.2) is 61.7 Å². The summed E-state index contributed by atoms with van der Waals surface area (Å²) in [5.74, 6) is 0.630. The summed E-state index contributed by atoms with van der Waals surface area (Å²) in [6.07, 6.45) is 0.899. The highest BCUT2D eigenvalue weighted by atomic mass is 16.5. The van der Waals surface area contributed by atoms with E-state index in [4.69, 9.17) is 13.9 Å². The normalized spacial score (nSPS) is 18.6. The van der Waals surface area contributed by atoms with Crippen LogP contribution in [0.3, 0.4) is 0 Å². The first-order valence-corrected chi connectivity index (χ1v) is 11.6. The van der Waals surface area contributed by atoms with Gasteiger partial charge in [0.15, 0.2) is 5.43 Å². The summed E-state index contributed by atoms with van der Waals surface area (Å²) in [4.78, 5) is 31.1. The van der Waals surface area contributed by atoms with Crippen LogP contribution in [0, 0.1) is 0 Å². The molecule has 1 amide bonds. The molecule has 33 heavy (non-hydrogen) atoms. The molecule has 1 atom stereocenters. The van der Waals surface area contributed by atoms with Crippen LogP contribution in [0.2, 0.25) is 0 Å². The Morgan fingerprint density at radius 1 is 1.03 bits per heavy atom. The predicted molar refractivity (Wildman–Crippen MR) is 125 cm³/mol. The van der Waals surface area contributed by atoms with E-state index in [1.807, 2.05) is 30.3 Å². The molecule has 5 rings (SSSR count). The van der Waals surface area contributed by atoms with Gasteiger partial charge in [-0.15, -0.1) is 0 Å². The fourth-order valence-corrected chi connectivity index (χ4v) is 4.61. The average molecular weight is 449 g/mol. The van der Waals surface area contributed by atoms with E-state index in [1.54, 1.807) is 23.1 Å². The smallest absolute Gasteiger partial charge is 0.290 e. The lowest BCUT2D eigenvalue weighted by Crippen LogP contribution is -2.42. The van der Waals surface area contributed by atoms with Gasteiger partial charge in [0, 0.05) is 26.2 Å². The molecule has 172 valence electrons. The molecule has 0 spiro atoms. The Hall–Kier alpha value is -3.16. The van der Waals surface area contributed by atoms with E-state index in [0.717, 1.165) is 30.8 Å². The van der Waals surface area contributed by atoms with Crippen molar-refractivity contribution in [2.45, 2.75) is 19.4 Å². The van der Waals surface area contributed by atoms with E-state index < -0.39 is 6.04 Å². The molecule has 1 fully saturated rings. The molecule has 3 aromatic rings. The van der Waals surface area contributed by atoms with Crippen molar-refractivity contribution in [1.82, 2.24) is 9.80 Å². The predicted octanol–water partition coefficient (Wildman–Crippen LogP) is 3.46. The van der Waals surface area contributed by atoms with Crippen LogP contribution in [0.4, 0.5) is 0 Å². The van der Waals surface area contributed by atoms with Crippen LogP contribution in [0.15, 0.2) is 57.7 Å². The van der Waals surface area contributed by atoms with Gasteiger partial charge < -0.3 is 18.8 Å². The third-order valence-electron chi connectivity index (χ3n) is 6.28. The Morgan fingerprint density at radius 2 is 1.85 bits per heavy atom. The number of carbonyl (C=O) groups is 1. The van der Waals surface area contributed by atoms with Crippen molar-refractivity contribution in [3.63, 3.8) is 0 Å². The molecule has 1 aromatic heterocycles. The summed E-state index contributed by atoms with van der Waals surface area (Å²) in [5.41, 5.74) is 1.54. The Morgan fingerprint density at radius 3 is 2.67 bits per heavy atom. The highest BCUT2D eigenvalue weighted by Gasteiger charge is 2.42. The number of rotatable bonds is 7. The molecule has 2 aliphatic heterocycles. The maximum absolute atomic E-state index is 13.6. The summed E-state index contributed by atoms with van der Waals surface area (Å²) < 4.78 is 17.3. The zero-order valence-electron chi connectivity index (χ0n) is 18.8. The number of benzene rings is 2. The van der Waals surface area contributed by atoms with Crippen molar-refractivity contribution < 1.29 is 18.7 Å². The molecular formula is C26H28N2O5. The Balaban J connectivity index is 1.57. The second kappa shape index (κ2) is 9.37. The Bertz CT molecular complexity index is 1210. The summed E-state index contributed by atoms with van der Waals surface area (Å²) >= 11 is 0. The third-order valence-corrected chi connectivity index (χ3v) is 6.28. The summed E-state index contributed by atoms with van der Waals surface area (Å²) in [6.45, 7) is 6.92. The van der Waals surface area contributed by atoms with E-state index in [1.165, 1.54) is 0 Å². The molecule has 0 bridgehead atoms. The van der Waals surface area contributed by atoms with Crippen LogP contribution in [0.5, 0.6) is 5.75 Å². The van der Waals surface area contributed by atoms with E-state index in [9.17, 15) is 9.59 Å². The first kappa shape index (κ1) is 21.7. The lowest BCUT2D eigenvalue weighted by atomic mass is 9.98. The van der Waals surface area contributed by atoms with Crippen molar-refractivity contribution in [1.29, 1.82) is 0 Å². The van der Waals surface area contributed by atoms with E-state index in [-0.39, 0.29) is 17.1 Å². The van der Waals surface area contributed by atoms with Gasteiger partial charge in [-0.3, -0.25) is 14.5 Å². The number of ether oxygens (including phenoxy) is 2. The number of hydrogen-bond acceptors (Lipinski definition) is 6. The van der Waals surface area contributed by atoms with Gasteiger partial charge in [0.2, 0.25) is 5.76 Å². The lowest BCUT2D eigenvalue weighted by molar-refractivity contribution is 0.0314. The molecule has 1 saturated heterocycles. The minimum atomic E-state index is -0.514. The fraction of sp³-hybridized carbons (Fsp3) is 0.385. The van der Waals surface area contributed by atoms with Crippen LogP contribution < -0.4 is 10.2 Å². The Kier molecular flexibility index (Phi) is 6.15. The first-order valence-electron chi connectivity index (χ1n) is 11.6. The summed E-state index contributed by atoms with van der Waals surface area (Å²) in [6, 6.07) is 14.3. The number of morpholine rings is 1. The van der Waals surface area contributed by atoms with Gasteiger partial charge in [0.25, 0.3) is 5.91 Å². The van der Waals surface area contributed by atoms with Crippen LogP contribution >= 0.6 is 0 Å². The monoisotopic (exact) mass is 448 g/mol. The number of carbonyl (C=O) groups excluding carboxylic acids is 1. The molecule has 2 aromatic carbocycles. The van der Waals surface area contributed by atoms with Crippen molar-refractivity contribution in [3.8, 4) is 5.75 Å². The Labute approximate surface area is 192 Å². The first-order chi connectivity index (χ1) is 16.2. The van der Waals surface area contributed by atoms with Gasteiger partial charge in [-0.2, -0.15) is 0 Å². The number of nitrogens with zero attached hydrogens (tertiary/aromatic N) is 2. The highest BCUT2D eigenvalue weighted by molar-refractivity contribution is 5.99. The van der Waals surface area contributed by atoms with Gasteiger partial charge in [0.1, 0.15) is 11.3 Å². The molecule has 0 N–H and O–H groups in total. The molecule has 7 heteroatoms. The molecule has 1 unspecified atom stereocenters. The second-order valence-electron chi connectivity index (χ2n) is 8.45. The topological polar surface area (TPSA) is 72.2 Å². The van der Waals surface area contributed by atoms with Crippen molar-refractivity contribution in [2.24, 2.45) is 0 Å². The SMILES string of the molecule is CCCOc1cccc(C2c3c(oc4ccccc4c3=O)C(=O)N2CCN2CCOCC2)c1. The third kappa shape index (κ3) is 4.14. The van der Waals surface area contributed by atoms with Crippen LogP contribution in [0.25, 0.3) is 11.0 Å². The number of fused-ring (bicyclic) bond motifs is 2. The largest absolute Gasteiger partial charge is 0.494 e. The van der Waals surface area contributed by atoms with Gasteiger partial charge in [-0.05, 0) is 36.2 Å². The highest BCUT2D eigenvalue weighted by Crippen LogP contribution is 2.38. The van der Waals surface area contributed by atoms with Crippen molar-refractivity contribution in [3.05, 3.63) is 75.6 Å². The van der Waals surface area contributed by atoms with Crippen molar-refractivity contribution >= 4 is 16.9 Å². The number of para-hydroxylation sites is 1. The zero-order chi connectivity index (χ0) is 22.8. The van der Waals surface area contributed by atoms with Gasteiger partial charge in [-0.25, -0.2) is 0 Å². The molecule has 0 saturated carbocycles. The number of amides is 1. The van der Waals surface area contributed by atoms with Gasteiger partial charge >= 0.3 is 0 Å². The van der Waals surface area contributed by atoms with Crippen LogP contribution in [-0.2, 0) is 4.74 Å². The molecule has 2 aliphatic rings. The molecule has 7 nitrogen and oxygen atoms in total. The van der Waals surface area contributed by atoms with E-state index in [0.29, 0.717) is 49.4 Å². The quantitative estimate of drug-likeness (QED) is 0.551. The molecular weight excluding hydrogens is 420 g/mol. The standard InChI is InChI=1S/C26H28N2O5/c1-2-14-32-19-7-5-6-18(17-19)23-22-24(29)20-8-3-4-9-21(20)33-25(22)26(30)28(23)11-10-27-12-15-31-16-13-27/h3-9,17,23H,2,10-16H2,1H3. The van der Waals surface area contributed by atoms with Gasteiger partial charge in [0.05, 0.1) is 36.8 Å². The molecule has 0 aliphatic carbocycles.